The van der Waals surface area contributed by atoms with Gasteiger partial charge < -0.3 is 15.1 Å². The molecule has 1 unspecified atom stereocenters. The van der Waals surface area contributed by atoms with Gasteiger partial charge in [-0.2, -0.15) is 0 Å². The normalized spacial score (nSPS) is 15.8. The Morgan fingerprint density at radius 2 is 1.83 bits per heavy atom. The van der Waals surface area contributed by atoms with Crippen LogP contribution in [0.4, 0.5) is 0 Å². The molecule has 0 radical (unpaired) electrons. The van der Waals surface area contributed by atoms with Crippen molar-refractivity contribution >= 4 is 29.9 Å². The molecule has 0 saturated carbocycles. The molecule has 0 amide bonds. The molecule has 0 aliphatic carbocycles. The van der Waals surface area contributed by atoms with Gasteiger partial charge in [-0.15, -0.1) is 24.0 Å². The van der Waals surface area contributed by atoms with Gasteiger partial charge in [-0.05, 0) is 59.2 Å². The average Bonchev–Trinajstić information content (AvgIpc) is 3.31. The van der Waals surface area contributed by atoms with E-state index in [2.05, 4.69) is 63.6 Å². The maximum absolute atomic E-state index is 5.65. The number of aliphatic imine (C=N–C) groups is 1. The molecule has 29 heavy (non-hydrogen) atoms. The Labute approximate surface area is 191 Å². The van der Waals surface area contributed by atoms with E-state index in [1.165, 1.54) is 24.0 Å². The first-order valence-electron chi connectivity index (χ1n) is 10.3. The highest BCUT2D eigenvalue weighted by Gasteiger charge is 2.23. The first-order chi connectivity index (χ1) is 13.6. The molecule has 1 atom stereocenters. The Bertz CT molecular complexity index is 762. The van der Waals surface area contributed by atoms with Crippen molar-refractivity contribution in [2.45, 2.75) is 53.1 Å². The molecule has 1 aromatic carbocycles. The lowest BCUT2D eigenvalue weighted by Crippen LogP contribution is -2.42. The Morgan fingerprint density at radius 3 is 2.41 bits per heavy atom. The van der Waals surface area contributed by atoms with Gasteiger partial charge in [0.05, 0.1) is 11.7 Å². The molecule has 2 N–H and O–H groups in total. The maximum atomic E-state index is 5.65. The van der Waals surface area contributed by atoms with E-state index < -0.39 is 0 Å². The average molecular weight is 511 g/mol. The van der Waals surface area contributed by atoms with Crippen molar-refractivity contribution < 1.29 is 4.42 Å². The maximum Gasteiger partial charge on any atom is 0.216 e. The van der Waals surface area contributed by atoms with Crippen molar-refractivity contribution in [2.75, 3.05) is 26.2 Å². The van der Waals surface area contributed by atoms with Crippen LogP contribution in [0.3, 0.4) is 0 Å². The largest absolute Gasteiger partial charge is 0.444 e. The van der Waals surface area contributed by atoms with E-state index in [1.54, 1.807) is 0 Å². The van der Waals surface area contributed by atoms with Gasteiger partial charge in [0.25, 0.3) is 0 Å². The molecule has 3 rings (SSSR count). The molecule has 2 aromatic rings. The molecule has 1 aliphatic heterocycles. The minimum Gasteiger partial charge on any atom is -0.444 e. The molecule has 1 aliphatic rings. The number of hydrogen-bond acceptors (Lipinski definition) is 4. The van der Waals surface area contributed by atoms with Crippen LogP contribution < -0.4 is 10.6 Å². The molecule has 0 bridgehead atoms. The van der Waals surface area contributed by atoms with Crippen LogP contribution in [0.25, 0.3) is 0 Å². The monoisotopic (exact) mass is 511 g/mol. The van der Waals surface area contributed by atoms with E-state index in [4.69, 9.17) is 4.42 Å². The zero-order chi connectivity index (χ0) is 19.9. The molecule has 1 saturated heterocycles. The lowest BCUT2D eigenvalue weighted by atomic mass is 10.0. The lowest BCUT2D eigenvalue weighted by Gasteiger charge is -2.29. The predicted octanol–water partition coefficient (Wildman–Crippen LogP) is 4.11. The van der Waals surface area contributed by atoms with Crippen molar-refractivity contribution in [3.8, 4) is 0 Å². The third-order valence-corrected chi connectivity index (χ3v) is 5.30. The summed E-state index contributed by atoms with van der Waals surface area (Å²) in [6, 6.07) is 9.25. The number of benzene rings is 1. The van der Waals surface area contributed by atoms with Gasteiger partial charge in [-0.1, -0.05) is 29.8 Å². The van der Waals surface area contributed by atoms with Crippen LogP contribution >= 0.6 is 24.0 Å². The molecular weight excluding hydrogens is 477 g/mol. The summed E-state index contributed by atoms with van der Waals surface area (Å²) < 4.78 is 5.65. The fourth-order valence-electron chi connectivity index (χ4n) is 3.59. The highest BCUT2D eigenvalue weighted by molar-refractivity contribution is 14.0. The van der Waals surface area contributed by atoms with Crippen LogP contribution in [-0.2, 0) is 6.54 Å². The number of halogens is 1. The second kappa shape index (κ2) is 11.5. The summed E-state index contributed by atoms with van der Waals surface area (Å²) in [5.74, 6) is 2.31. The zero-order valence-corrected chi connectivity index (χ0v) is 20.3. The summed E-state index contributed by atoms with van der Waals surface area (Å²) in [7, 11) is 0. The number of nitrogens with zero attached hydrogens (tertiary/aromatic N) is 3. The minimum atomic E-state index is 0. The van der Waals surface area contributed by atoms with Crippen LogP contribution in [0.15, 0.2) is 33.7 Å². The van der Waals surface area contributed by atoms with E-state index in [-0.39, 0.29) is 24.0 Å². The third-order valence-electron chi connectivity index (χ3n) is 5.30. The van der Waals surface area contributed by atoms with Crippen LogP contribution in [0.2, 0.25) is 0 Å². The van der Waals surface area contributed by atoms with Crippen LogP contribution in [0.5, 0.6) is 0 Å². The Morgan fingerprint density at radius 1 is 1.14 bits per heavy atom. The number of guanidine groups is 1. The summed E-state index contributed by atoms with van der Waals surface area (Å²) in [6.45, 7) is 12.5. The highest BCUT2D eigenvalue weighted by atomic mass is 127. The van der Waals surface area contributed by atoms with Crippen molar-refractivity contribution in [2.24, 2.45) is 4.99 Å². The third kappa shape index (κ3) is 6.70. The number of aromatic nitrogens is 1. The zero-order valence-electron chi connectivity index (χ0n) is 18.0. The predicted molar refractivity (Wildman–Crippen MR) is 129 cm³/mol. The Kier molecular flexibility index (Phi) is 9.42. The van der Waals surface area contributed by atoms with E-state index in [0.717, 1.165) is 43.6 Å². The fourth-order valence-corrected chi connectivity index (χ4v) is 3.59. The number of hydrogen-bond donors (Lipinski definition) is 2. The Hall–Kier alpha value is -1.61. The van der Waals surface area contributed by atoms with Gasteiger partial charge in [0.1, 0.15) is 12.3 Å². The van der Waals surface area contributed by atoms with E-state index in [9.17, 15) is 0 Å². The topological polar surface area (TPSA) is 65.7 Å². The summed E-state index contributed by atoms with van der Waals surface area (Å²) in [6.07, 6.45) is 2.55. The molecular formula is C22H34IN5O. The SMILES string of the molecule is CCNC(=NCc1nc(C)c(C)o1)NCC(c1ccc(C)cc1)N1CCCC1.I. The first-order valence-corrected chi connectivity index (χ1v) is 10.3. The molecule has 1 aromatic heterocycles. The van der Waals surface area contributed by atoms with E-state index >= 15 is 0 Å². The lowest BCUT2D eigenvalue weighted by molar-refractivity contribution is 0.245. The van der Waals surface area contributed by atoms with Gasteiger partial charge in [-0.3, -0.25) is 4.90 Å². The molecule has 7 heteroatoms. The number of oxazole rings is 1. The van der Waals surface area contributed by atoms with Crippen LogP contribution in [0, 0.1) is 20.8 Å². The summed E-state index contributed by atoms with van der Waals surface area (Å²) >= 11 is 0. The van der Waals surface area contributed by atoms with Gasteiger partial charge in [0.2, 0.25) is 5.89 Å². The number of likely N-dealkylation sites (tertiary alicyclic amines) is 1. The number of aryl methyl sites for hydroxylation is 3. The molecule has 6 nitrogen and oxygen atoms in total. The molecule has 160 valence electrons. The van der Waals surface area contributed by atoms with Gasteiger partial charge in [0, 0.05) is 13.1 Å². The number of rotatable bonds is 7. The van der Waals surface area contributed by atoms with E-state index in [1.807, 2.05) is 13.8 Å². The fraction of sp³-hybridized carbons (Fsp3) is 0.545. The molecule has 0 spiro atoms. The van der Waals surface area contributed by atoms with Crippen molar-refractivity contribution in [1.82, 2.24) is 20.5 Å². The van der Waals surface area contributed by atoms with Crippen molar-refractivity contribution in [3.63, 3.8) is 0 Å². The van der Waals surface area contributed by atoms with Crippen LogP contribution in [-0.4, -0.2) is 42.0 Å². The van der Waals surface area contributed by atoms with Crippen molar-refractivity contribution in [3.05, 3.63) is 52.7 Å². The summed E-state index contributed by atoms with van der Waals surface area (Å²) in [5, 5.41) is 6.86. The minimum absolute atomic E-state index is 0. The highest BCUT2D eigenvalue weighted by Crippen LogP contribution is 2.24. The van der Waals surface area contributed by atoms with Gasteiger partial charge in [-0.25, -0.2) is 9.98 Å². The number of nitrogens with one attached hydrogen (secondary N) is 2. The van der Waals surface area contributed by atoms with Gasteiger partial charge >= 0.3 is 0 Å². The molecule has 2 heterocycles. The second-order valence-corrected chi connectivity index (χ2v) is 7.49. The first kappa shape index (κ1) is 23.7. The smallest absolute Gasteiger partial charge is 0.216 e. The van der Waals surface area contributed by atoms with Crippen LogP contribution in [0.1, 0.15) is 54.3 Å². The summed E-state index contributed by atoms with van der Waals surface area (Å²) in [4.78, 5) is 11.7. The second-order valence-electron chi connectivity index (χ2n) is 7.49. The van der Waals surface area contributed by atoms with Gasteiger partial charge in [0.15, 0.2) is 5.96 Å². The Balaban J connectivity index is 0.00000300. The summed E-state index contributed by atoms with van der Waals surface area (Å²) in [5.41, 5.74) is 3.58. The van der Waals surface area contributed by atoms with Crippen molar-refractivity contribution in [1.29, 1.82) is 0 Å². The quantitative estimate of drug-likeness (QED) is 0.333. The standard InChI is InChI=1S/C22H33N5O.HI/c1-5-23-22(25-15-21-26-17(3)18(4)28-21)24-14-20(27-12-6-7-13-27)19-10-8-16(2)9-11-19;/h8-11,20H,5-7,12-15H2,1-4H3,(H2,23,24,25);1H. The van der Waals surface area contributed by atoms with E-state index in [0.29, 0.717) is 18.5 Å². The molecule has 1 fully saturated rings.